The van der Waals surface area contributed by atoms with Gasteiger partial charge < -0.3 is 20.6 Å². The van der Waals surface area contributed by atoms with E-state index in [1.54, 1.807) is 4.90 Å². The predicted molar refractivity (Wildman–Crippen MR) is 121 cm³/mol. The van der Waals surface area contributed by atoms with E-state index in [2.05, 4.69) is 21.7 Å². The fourth-order valence-corrected chi connectivity index (χ4v) is 3.26. The van der Waals surface area contributed by atoms with Crippen molar-refractivity contribution in [3.63, 3.8) is 0 Å². The zero-order chi connectivity index (χ0) is 19.4. The van der Waals surface area contributed by atoms with Gasteiger partial charge in [0.2, 0.25) is 5.91 Å². The Hall–Kier alpha value is -1.35. The number of nitrogens with one attached hydrogen (secondary N) is 2. The van der Waals surface area contributed by atoms with Crippen LogP contribution in [0.3, 0.4) is 0 Å². The summed E-state index contributed by atoms with van der Waals surface area (Å²) in [6, 6.07) is 7.99. The van der Waals surface area contributed by atoms with E-state index in [4.69, 9.17) is 0 Å². The second kappa shape index (κ2) is 9.73. The topological polar surface area (TPSA) is 77.0 Å². The van der Waals surface area contributed by atoms with Crippen LogP contribution >= 0.6 is 24.0 Å². The van der Waals surface area contributed by atoms with Crippen molar-refractivity contribution in [3.8, 4) is 0 Å². The van der Waals surface area contributed by atoms with Crippen LogP contribution < -0.4 is 10.6 Å². The SMILES string of the molecule is CCNC(=NCC1(O)CCc2ccccc21)N(C)CC(=O)NC(C)(C)C.I. The Bertz CT molecular complexity index is 672. The maximum absolute atomic E-state index is 12.2. The first kappa shape index (κ1) is 23.7. The number of fused-ring (bicyclic) bond motifs is 1. The summed E-state index contributed by atoms with van der Waals surface area (Å²) in [7, 11) is 1.83. The molecular formula is C20H33IN4O2. The number of aliphatic imine (C=N–C) groups is 1. The number of halogens is 1. The van der Waals surface area contributed by atoms with Gasteiger partial charge in [0.25, 0.3) is 0 Å². The Morgan fingerprint density at radius 1 is 1.33 bits per heavy atom. The molecule has 1 aromatic rings. The molecule has 1 aliphatic carbocycles. The monoisotopic (exact) mass is 488 g/mol. The smallest absolute Gasteiger partial charge is 0.240 e. The first-order chi connectivity index (χ1) is 12.1. The van der Waals surface area contributed by atoms with E-state index in [1.807, 2.05) is 52.9 Å². The summed E-state index contributed by atoms with van der Waals surface area (Å²) in [6.45, 7) is 9.03. The number of aliphatic hydroxyl groups is 1. The maximum Gasteiger partial charge on any atom is 0.240 e. The second-order valence-corrected chi connectivity index (χ2v) is 8.01. The van der Waals surface area contributed by atoms with Gasteiger partial charge in [0.05, 0.1) is 13.1 Å². The van der Waals surface area contributed by atoms with E-state index in [0.29, 0.717) is 18.9 Å². The zero-order valence-corrected chi connectivity index (χ0v) is 19.3. The van der Waals surface area contributed by atoms with Crippen molar-refractivity contribution in [3.05, 3.63) is 35.4 Å². The van der Waals surface area contributed by atoms with Gasteiger partial charge in [-0.1, -0.05) is 24.3 Å². The lowest BCUT2D eigenvalue weighted by Crippen LogP contribution is -2.49. The predicted octanol–water partition coefficient (Wildman–Crippen LogP) is 2.25. The summed E-state index contributed by atoms with van der Waals surface area (Å²) in [6.07, 6.45) is 1.53. The first-order valence-corrected chi connectivity index (χ1v) is 9.26. The summed E-state index contributed by atoms with van der Waals surface area (Å²) >= 11 is 0. The Morgan fingerprint density at radius 3 is 2.63 bits per heavy atom. The van der Waals surface area contributed by atoms with Gasteiger partial charge >= 0.3 is 0 Å². The fraction of sp³-hybridized carbons (Fsp3) is 0.600. The molecule has 0 heterocycles. The molecule has 0 aromatic heterocycles. The van der Waals surface area contributed by atoms with Crippen LogP contribution in [-0.2, 0) is 16.8 Å². The van der Waals surface area contributed by atoms with Crippen LogP contribution in [0.1, 0.15) is 45.2 Å². The van der Waals surface area contributed by atoms with Gasteiger partial charge in [-0.25, -0.2) is 4.99 Å². The van der Waals surface area contributed by atoms with Crippen molar-refractivity contribution in [2.45, 2.75) is 51.7 Å². The van der Waals surface area contributed by atoms with Crippen LogP contribution in [0.15, 0.2) is 29.3 Å². The molecule has 0 spiro atoms. The van der Waals surface area contributed by atoms with Crippen LogP contribution in [0.5, 0.6) is 0 Å². The molecule has 1 atom stereocenters. The number of rotatable bonds is 5. The van der Waals surface area contributed by atoms with E-state index >= 15 is 0 Å². The molecule has 1 aromatic carbocycles. The molecule has 0 fully saturated rings. The van der Waals surface area contributed by atoms with Gasteiger partial charge in [0.1, 0.15) is 5.60 Å². The average Bonchev–Trinajstić information content (AvgIpc) is 2.87. The molecule has 7 heteroatoms. The van der Waals surface area contributed by atoms with Gasteiger partial charge in [0, 0.05) is 19.1 Å². The van der Waals surface area contributed by atoms with E-state index in [0.717, 1.165) is 12.0 Å². The van der Waals surface area contributed by atoms with Gasteiger partial charge in [-0.3, -0.25) is 4.79 Å². The van der Waals surface area contributed by atoms with Crippen molar-refractivity contribution in [2.75, 3.05) is 26.7 Å². The number of amides is 1. The first-order valence-electron chi connectivity index (χ1n) is 9.26. The molecule has 3 N–H and O–H groups in total. The van der Waals surface area contributed by atoms with Gasteiger partial charge in [-0.15, -0.1) is 24.0 Å². The lowest BCUT2D eigenvalue weighted by molar-refractivity contribution is -0.122. The molecule has 6 nitrogen and oxygen atoms in total. The van der Waals surface area contributed by atoms with Gasteiger partial charge in [-0.05, 0) is 51.7 Å². The number of carbonyl (C=O) groups excluding carboxylic acids is 1. The fourth-order valence-electron chi connectivity index (χ4n) is 3.26. The molecule has 1 unspecified atom stereocenters. The molecular weight excluding hydrogens is 455 g/mol. The van der Waals surface area contributed by atoms with Crippen molar-refractivity contribution < 1.29 is 9.90 Å². The number of benzene rings is 1. The molecule has 0 aliphatic heterocycles. The molecule has 2 rings (SSSR count). The molecule has 1 aliphatic rings. The molecule has 152 valence electrons. The highest BCUT2D eigenvalue weighted by atomic mass is 127. The van der Waals surface area contributed by atoms with Crippen LogP contribution in [0.4, 0.5) is 0 Å². The molecule has 0 radical (unpaired) electrons. The number of guanidine groups is 1. The van der Waals surface area contributed by atoms with Crippen molar-refractivity contribution in [2.24, 2.45) is 4.99 Å². The van der Waals surface area contributed by atoms with E-state index in [9.17, 15) is 9.90 Å². The third-order valence-electron chi connectivity index (χ3n) is 4.41. The van der Waals surface area contributed by atoms with Crippen LogP contribution in [0.25, 0.3) is 0 Å². The van der Waals surface area contributed by atoms with Crippen molar-refractivity contribution in [1.29, 1.82) is 0 Å². The molecule has 0 bridgehead atoms. The minimum Gasteiger partial charge on any atom is -0.383 e. The maximum atomic E-state index is 12.2. The minimum atomic E-state index is -0.939. The Morgan fingerprint density at radius 2 is 2.00 bits per heavy atom. The second-order valence-electron chi connectivity index (χ2n) is 8.01. The largest absolute Gasteiger partial charge is 0.383 e. The Labute approximate surface area is 179 Å². The quantitative estimate of drug-likeness (QED) is 0.338. The zero-order valence-electron chi connectivity index (χ0n) is 17.0. The molecule has 1 amide bonds. The van der Waals surface area contributed by atoms with Gasteiger partial charge in [0.15, 0.2) is 5.96 Å². The number of hydrogen-bond acceptors (Lipinski definition) is 3. The summed E-state index contributed by atoms with van der Waals surface area (Å²) in [4.78, 5) is 18.6. The normalized spacial score (nSPS) is 19.1. The van der Waals surface area contributed by atoms with E-state index < -0.39 is 5.60 Å². The number of carbonyl (C=O) groups is 1. The molecule has 27 heavy (non-hydrogen) atoms. The lowest BCUT2D eigenvalue weighted by Gasteiger charge is -2.27. The minimum absolute atomic E-state index is 0. The number of hydrogen-bond donors (Lipinski definition) is 3. The van der Waals surface area contributed by atoms with E-state index in [1.165, 1.54) is 5.56 Å². The van der Waals surface area contributed by atoms with Crippen molar-refractivity contribution in [1.82, 2.24) is 15.5 Å². The third kappa shape index (κ3) is 6.64. The summed E-state index contributed by atoms with van der Waals surface area (Å²) < 4.78 is 0. The summed E-state index contributed by atoms with van der Waals surface area (Å²) in [5, 5.41) is 17.2. The standard InChI is InChI=1S/C20H32N4O2.HI/c1-6-21-18(24(5)13-17(25)23-19(2,3)4)22-14-20(26)12-11-15-9-7-8-10-16(15)20;/h7-10,26H,6,11-14H2,1-5H3,(H,21,22)(H,23,25);1H. The van der Waals surface area contributed by atoms with Gasteiger partial charge in [-0.2, -0.15) is 0 Å². The van der Waals surface area contributed by atoms with Crippen LogP contribution in [0, 0.1) is 0 Å². The molecule has 0 saturated carbocycles. The van der Waals surface area contributed by atoms with Crippen molar-refractivity contribution >= 4 is 35.8 Å². The average molecular weight is 488 g/mol. The third-order valence-corrected chi connectivity index (χ3v) is 4.41. The number of aryl methyl sites for hydroxylation is 1. The number of nitrogens with zero attached hydrogens (tertiary/aromatic N) is 2. The highest BCUT2D eigenvalue weighted by molar-refractivity contribution is 14.0. The van der Waals surface area contributed by atoms with Crippen LogP contribution in [0.2, 0.25) is 0 Å². The molecule has 0 saturated heterocycles. The Balaban J connectivity index is 0.00000364. The van der Waals surface area contributed by atoms with Crippen LogP contribution in [-0.4, -0.2) is 54.1 Å². The highest BCUT2D eigenvalue weighted by Gasteiger charge is 2.36. The lowest BCUT2D eigenvalue weighted by atomic mass is 9.96. The summed E-state index contributed by atoms with van der Waals surface area (Å²) in [5.74, 6) is 0.560. The summed E-state index contributed by atoms with van der Waals surface area (Å²) in [5.41, 5.74) is 0.947. The van der Waals surface area contributed by atoms with E-state index in [-0.39, 0.29) is 48.5 Å². The Kier molecular flexibility index (Phi) is 8.53. The number of likely N-dealkylation sites (N-methyl/N-ethyl adjacent to an activating group) is 1. The highest BCUT2D eigenvalue weighted by Crippen LogP contribution is 2.36.